The Labute approximate surface area is 117 Å². The van der Waals surface area contributed by atoms with Gasteiger partial charge in [0.1, 0.15) is 12.4 Å². The van der Waals surface area contributed by atoms with E-state index in [1.54, 1.807) is 6.92 Å². The van der Waals surface area contributed by atoms with Crippen molar-refractivity contribution < 1.29 is 9.53 Å². The summed E-state index contributed by atoms with van der Waals surface area (Å²) in [6.45, 7) is 4.38. The number of imidazole rings is 1. The summed E-state index contributed by atoms with van der Waals surface area (Å²) in [5, 5.41) is 0. The molecule has 5 heteroatoms. The van der Waals surface area contributed by atoms with E-state index in [0.717, 1.165) is 22.4 Å². The van der Waals surface area contributed by atoms with Crippen molar-refractivity contribution in [3.63, 3.8) is 0 Å². The van der Waals surface area contributed by atoms with Crippen molar-refractivity contribution in [3.8, 4) is 0 Å². The Balaban J connectivity index is 2.44. The average Bonchev–Trinajstić information content (AvgIpc) is 2.68. The summed E-state index contributed by atoms with van der Waals surface area (Å²) in [4.78, 5) is 16.2. The van der Waals surface area contributed by atoms with E-state index in [0.29, 0.717) is 18.9 Å². The van der Waals surface area contributed by atoms with Crippen molar-refractivity contribution >= 4 is 28.6 Å². The minimum Gasteiger partial charge on any atom is -0.465 e. The molecule has 1 aromatic heterocycles. The quantitative estimate of drug-likeness (QED) is 0.625. The summed E-state index contributed by atoms with van der Waals surface area (Å²) in [6.07, 6.45) is 0.634. The number of aromatic nitrogens is 2. The second kappa shape index (κ2) is 6.06. The molecular formula is C14H17ClN2O2. The van der Waals surface area contributed by atoms with Gasteiger partial charge >= 0.3 is 5.97 Å². The molecule has 1 heterocycles. The van der Waals surface area contributed by atoms with Crippen LogP contribution in [-0.4, -0.2) is 28.0 Å². The number of carbonyl (C=O) groups excluding carboxylic acids is 1. The van der Waals surface area contributed by atoms with E-state index >= 15 is 0 Å². The number of carbonyl (C=O) groups is 1. The molecule has 0 saturated carbocycles. The maximum absolute atomic E-state index is 11.7. The van der Waals surface area contributed by atoms with Crippen LogP contribution in [0.1, 0.15) is 18.3 Å². The monoisotopic (exact) mass is 280 g/mol. The van der Waals surface area contributed by atoms with Crippen molar-refractivity contribution in [2.24, 2.45) is 0 Å². The van der Waals surface area contributed by atoms with Gasteiger partial charge in [-0.1, -0.05) is 6.07 Å². The van der Waals surface area contributed by atoms with Crippen LogP contribution in [0.3, 0.4) is 0 Å². The van der Waals surface area contributed by atoms with Crippen molar-refractivity contribution in [2.75, 3.05) is 12.5 Å². The van der Waals surface area contributed by atoms with Crippen molar-refractivity contribution in [2.45, 2.75) is 26.8 Å². The molecular weight excluding hydrogens is 264 g/mol. The number of benzene rings is 1. The summed E-state index contributed by atoms with van der Waals surface area (Å²) in [6, 6.07) is 6.00. The first-order valence-corrected chi connectivity index (χ1v) is 6.86. The smallest absolute Gasteiger partial charge is 0.326 e. The number of nitrogens with zero attached hydrogens (tertiary/aromatic N) is 2. The first-order valence-electron chi connectivity index (χ1n) is 6.33. The first kappa shape index (κ1) is 13.9. The molecule has 0 N–H and O–H groups in total. The van der Waals surface area contributed by atoms with Crippen molar-refractivity contribution in [1.29, 1.82) is 0 Å². The van der Waals surface area contributed by atoms with E-state index in [1.807, 2.05) is 29.7 Å². The molecule has 0 radical (unpaired) electrons. The maximum atomic E-state index is 11.7. The minimum atomic E-state index is -0.251. The maximum Gasteiger partial charge on any atom is 0.326 e. The van der Waals surface area contributed by atoms with Gasteiger partial charge in [0.2, 0.25) is 0 Å². The standard InChI is InChI=1S/C14H17ClN2O2/c1-3-19-14(18)9-17-12-8-10(2)4-5-11(12)16-13(17)6-7-15/h4-5,8H,3,6-7,9H2,1-2H3. The zero-order valence-corrected chi connectivity index (χ0v) is 11.9. The lowest BCUT2D eigenvalue weighted by molar-refractivity contribution is -0.143. The van der Waals surface area contributed by atoms with Gasteiger partial charge in [-0.05, 0) is 31.5 Å². The Hall–Kier alpha value is -1.55. The highest BCUT2D eigenvalue weighted by molar-refractivity contribution is 6.17. The van der Waals surface area contributed by atoms with Crippen LogP contribution in [0.25, 0.3) is 11.0 Å². The summed E-state index contributed by atoms with van der Waals surface area (Å²) in [5.74, 6) is 1.05. The highest BCUT2D eigenvalue weighted by Gasteiger charge is 2.14. The molecule has 2 aromatic rings. The number of hydrogen-bond donors (Lipinski definition) is 0. The van der Waals surface area contributed by atoms with Crippen LogP contribution < -0.4 is 0 Å². The molecule has 4 nitrogen and oxygen atoms in total. The molecule has 0 spiro atoms. The van der Waals surface area contributed by atoms with Gasteiger partial charge in [0, 0.05) is 12.3 Å². The number of aryl methyl sites for hydroxylation is 2. The third-order valence-electron chi connectivity index (χ3n) is 2.89. The van der Waals surface area contributed by atoms with E-state index in [-0.39, 0.29) is 12.5 Å². The van der Waals surface area contributed by atoms with Gasteiger partial charge < -0.3 is 9.30 Å². The summed E-state index contributed by atoms with van der Waals surface area (Å²) < 4.78 is 6.90. The Morgan fingerprint density at radius 3 is 2.95 bits per heavy atom. The number of ether oxygens (including phenoxy) is 1. The summed E-state index contributed by atoms with van der Waals surface area (Å²) >= 11 is 5.80. The Bertz CT molecular complexity index is 592. The SMILES string of the molecule is CCOC(=O)Cn1c(CCCl)nc2ccc(C)cc21. The fourth-order valence-electron chi connectivity index (χ4n) is 2.07. The van der Waals surface area contributed by atoms with Gasteiger partial charge in [0.25, 0.3) is 0 Å². The number of halogens is 1. The Morgan fingerprint density at radius 1 is 1.47 bits per heavy atom. The van der Waals surface area contributed by atoms with Crippen LogP contribution >= 0.6 is 11.6 Å². The molecule has 19 heavy (non-hydrogen) atoms. The van der Waals surface area contributed by atoms with Crippen molar-refractivity contribution in [3.05, 3.63) is 29.6 Å². The summed E-state index contributed by atoms with van der Waals surface area (Å²) in [5.41, 5.74) is 2.97. The van der Waals surface area contributed by atoms with E-state index in [9.17, 15) is 4.79 Å². The van der Waals surface area contributed by atoms with Crippen LogP contribution in [0.2, 0.25) is 0 Å². The predicted molar refractivity (Wildman–Crippen MR) is 75.5 cm³/mol. The molecule has 2 rings (SSSR count). The molecule has 0 aliphatic heterocycles. The molecule has 102 valence electrons. The minimum absolute atomic E-state index is 0.181. The third-order valence-corrected chi connectivity index (χ3v) is 3.08. The molecule has 0 bridgehead atoms. The fourth-order valence-corrected chi connectivity index (χ4v) is 2.24. The molecule has 0 unspecified atom stereocenters. The second-order valence-electron chi connectivity index (χ2n) is 4.35. The third kappa shape index (κ3) is 3.07. The normalized spacial score (nSPS) is 10.9. The highest BCUT2D eigenvalue weighted by Crippen LogP contribution is 2.18. The molecule has 0 amide bonds. The van der Waals surface area contributed by atoms with Gasteiger partial charge in [-0.15, -0.1) is 11.6 Å². The topological polar surface area (TPSA) is 44.1 Å². The van der Waals surface area contributed by atoms with Crippen molar-refractivity contribution in [1.82, 2.24) is 9.55 Å². The summed E-state index contributed by atoms with van der Waals surface area (Å²) in [7, 11) is 0. The van der Waals surface area contributed by atoms with Gasteiger partial charge in [-0.2, -0.15) is 0 Å². The lowest BCUT2D eigenvalue weighted by atomic mass is 10.2. The molecule has 0 fully saturated rings. The predicted octanol–water partition coefficient (Wildman–Crippen LogP) is 2.69. The van der Waals surface area contributed by atoms with Crippen LogP contribution in [-0.2, 0) is 22.5 Å². The van der Waals surface area contributed by atoms with Crippen LogP contribution in [0.5, 0.6) is 0 Å². The largest absolute Gasteiger partial charge is 0.465 e. The molecule has 0 saturated heterocycles. The highest BCUT2D eigenvalue weighted by atomic mass is 35.5. The first-order chi connectivity index (χ1) is 9.15. The Morgan fingerprint density at radius 2 is 2.26 bits per heavy atom. The van der Waals surface area contributed by atoms with E-state index in [1.165, 1.54) is 0 Å². The van der Waals surface area contributed by atoms with E-state index in [2.05, 4.69) is 4.98 Å². The number of esters is 1. The number of hydrogen-bond acceptors (Lipinski definition) is 3. The number of alkyl halides is 1. The van der Waals surface area contributed by atoms with Crippen LogP contribution in [0.15, 0.2) is 18.2 Å². The number of fused-ring (bicyclic) bond motifs is 1. The zero-order chi connectivity index (χ0) is 13.8. The van der Waals surface area contributed by atoms with Crippen LogP contribution in [0, 0.1) is 6.92 Å². The zero-order valence-electron chi connectivity index (χ0n) is 11.1. The van der Waals surface area contributed by atoms with Crippen LogP contribution in [0.4, 0.5) is 0 Å². The molecule has 0 aliphatic rings. The molecule has 1 aromatic carbocycles. The molecule has 0 aliphatic carbocycles. The fraction of sp³-hybridized carbons (Fsp3) is 0.429. The number of rotatable bonds is 5. The average molecular weight is 281 g/mol. The van der Waals surface area contributed by atoms with Gasteiger partial charge in [0.05, 0.1) is 17.6 Å². The van der Waals surface area contributed by atoms with E-state index < -0.39 is 0 Å². The van der Waals surface area contributed by atoms with Gasteiger partial charge in [-0.3, -0.25) is 4.79 Å². The van der Waals surface area contributed by atoms with Gasteiger partial charge in [0.15, 0.2) is 0 Å². The Kier molecular flexibility index (Phi) is 4.43. The lowest BCUT2D eigenvalue weighted by Gasteiger charge is -2.08. The second-order valence-corrected chi connectivity index (χ2v) is 4.73. The van der Waals surface area contributed by atoms with Gasteiger partial charge in [-0.25, -0.2) is 4.98 Å². The molecule has 0 atom stereocenters. The van der Waals surface area contributed by atoms with E-state index in [4.69, 9.17) is 16.3 Å². The lowest BCUT2D eigenvalue weighted by Crippen LogP contribution is -2.15.